The van der Waals surface area contributed by atoms with Crippen molar-refractivity contribution in [2.75, 3.05) is 14.2 Å². The number of ether oxygens (including phenoxy) is 3. The zero-order valence-corrected chi connectivity index (χ0v) is 23.0. The van der Waals surface area contributed by atoms with Gasteiger partial charge in [0.1, 0.15) is 5.75 Å². The van der Waals surface area contributed by atoms with Gasteiger partial charge in [0.25, 0.3) is 5.91 Å². The van der Waals surface area contributed by atoms with E-state index in [1.807, 2.05) is 30.1 Å². The highest BCUT2D eigenvalue weighted by molar-refractivity contribution is 6.19. The number of nitrogens with one attached hydrogen (secondary N) is 1. The molecule has 3 aromatic heterocycles. The predicted molar refractivity (Wildman–Crippen MR) is 148 cm³/mol. The summed E-state index contributed by atoms with van der Waals surface area (Å²) in [4.78, 5) is 25.8. The second-order valence-corrected chi connectivity index (χ2v) is 10.7. The topological polar surface area (TPSA) is 118 Å². The summed E-state index contributed by atoms with van der Waals surface area (Å²) in [7, 11) is 4.88. The molecule has 1 aliphatic heterocycles. The Labute approximate surface area is 230 Å². The van der Waals surface area contributed by atoms with Crippen molar-refractivity contribution in [3.05, 3.63) is 46.8 Å². The third-order valence-corrected chi connectivity index (χ3v) is 7.61. The molecule has 0 atom stereocenters. The van der Waals surface area contributed by atoms with Gasteiger partial charge in [0.05, 0.1) is 31.0 Å². The molecule has 4 heterocycles. The smallest absolute Gasteiger partial charge is 0.331 e. The Morgan fingerprint density at radius 1 is 1.00 bits per heavy atom. The van der Waals surface area contributed by atoms with Gasteiger partial charge in [-0.05, 0) is 48.1 Å². The van der Waals surface area contributed by atoms with E-state index in [4.69, 9.17) is 19.3 Å². The van der Waals surface area contributed by atoms with Crippen molar-refractivity contribution < 1.29 is 19.0 Å². The van der Waals surface area contributed by atoms with Crippen LogP contribution in [0.25, 0.3) is 32.9 Å². The third kappa shape index (κ3) is 3.60. The molecule has 2 aromatic carbocycles. The van der Waals surface area contributed by atoms with E-state index >= 15 is 0 Å². The van der Waals surface area contributed by atoms with Crippen molar-refractivity contribution in [2.24, 2.45) is 13.0 Å². The summed E-state index contributed by atoms with van der Waals surface area (Å²) < 4.78 is 20.7. The van der Waals surface area contributed by atoms with Gasteiger partial charge in [-0.25, -0.2) is 0 Å². The lowest BCUT2D eigenvalue weighted by Crippen LogP contribution is -2.15. The average molecular weight is 540 g/mol. The molecule has 1 amide bonds. The van der Waals surface area contributed by atoms with Crippen molar-refractivity contribution >= 4 is 27.7 Å². The van der Waals surface area contributed by atoms with Gasteiger partial charge in [0, 0.05) is 53.8 Å². The molecule has 0 radical (unpaired) electrons. The minimum absolute atomic E-state index is 0.0357. The fraction of sp³-hybridized carbons (Fsp3) is 0.345. The summed E-state index contributed by atoms with van der Waals surface area (Å²) in [5, 5.41) is 9.91. The summed E-state index contributed by atoms with van der Waals surface area (Å²) in [6, 6.07) is 6.25. The van der Waals surface area contributed by atoms with Crippen LogP contribution in [0.2, 0.25) is 0 Å². The first-order chi connectivity index (χ1) is 19.4. The zero-order valence-electron chi connectivity index (χ0n) is 23.0. The Morgan fingerprint density at radius 3 is 2.48 bits per heavy atom. The minimum Gasteiger partial charge on any atom is -0.467 e. The molecule has 2 aliphatic rings. The number of nitrogens with zero attached hydrogens (tertiary/aromatic N) is 6. The molecule has 0 saturated carbocycles. The van der Waals surface area contributed by atoms with Gasteiger partial charge in [-0.15, -0.1) is 15.0 Å². The van der Waals surface area contributed by atoms with E-state index in [1.54, 1.807) is 0 Å². The first-order valence-corrected chi connectivity index (χ1v) is 13.3. The van der Waals surface area contributed by atoms with Crippen LogP contribution in [0.15, 0.2) is 24.4 Å². The number of methoxy groups -OCH3 is 2. The maximum atomic E-state index is 13.3. The van der Waals surface area contributed by atoms with E-state index < -0.39 is 0 Å². The fourth-order valence-corrected chi connectivity index (χ4v) is 6.17. The van der Waals surface area contributed by atoms with E-state index in [-0.39, 0.29) is 23.9 Å². The Kier molecular flexibility index (Phi) is 5.45. The summed E-state index contributed by atoms with van der Waals surface area (Å²) in [5.41, 5.74) is 8.39. The SMILES string of the molecule is COc1nc(OC)nc(Oc2ccc3c(c2)c2c4c(c5c(c2n3CC(C)C)CCc2nn(C)cc2-5)C(=O)NC4)n1. The van der Waals surface area contributed by atoms with Gasteiger partial charge in [-0.1, -0.05) is 13.8 Å². The lowest BCUT2D eigenvalue weighted by Gasteiger charge is -2.22. The Hall–Kier alpha value is -4.67. The fourth-order valence-electron chi connectivity index (χ4n) is 6.17. The number of fused-ring (bicyclic) bond motifs is 10. The molecule has 1 aliphatic carbocycles. The molecule has 204 valence electrons. The number of amides is 1. The number of aryl methyl sites for hydroxylation is 3. The van der Waals surface area contributed by atoms with Crippen LogP contribution in [0.1, 0.15) is 41.0 Å². The van der Waals surface area contributed by atoms with Gasteiger partial charge in [0.15, 0.2) is 0 Å². The molecule has 5 aromatic rings. The van der Waals surface area contributed by atoms with Gasteiger partial charge in [0.2, 0.25) is 0 Å². The minimum atomic E-state index is -0.0357. The van der Waals surface area contributed by atoms with Crippen molar-refractivity contribution in [2.45, 2.75) is 39.8 Å². The van der Waals surface area contributed by atoms with Crippen molar-refractivity contribution in [3.63, 3.8) is 0 Å². The van der Waals surface area contributed by atoms with E-state index in [0.717, 1.165) is 63.6 Å². The number of rotatable bonds is 6. The van der Waals surface area contributed by atoms with Gasteiger partial charge >= 0.3 is 18.0 Å². The lowest BCUT2D eigenvalue weighted by molar-refractivity contribution is 0.0966. The summed E-state index contributed by atoms with van der Waals surface area (Å²) >= 11 is 0. The molecule has 11 nitrogen and oxygen atoms in total. The second-order valence-electron chi connectivity index (χ2n) is 10.7. The number of hydrogen-bond donors (Lipinski definition) is 1. The summed E-state index contributed by atoms with van der Waals surface area (Å²) in [6.45, 7) is 5.76. The van der Waals surface area contributed by atoms with Crippen LogP contribution in [0.3, 0.4) is 0 Å². The maximum absolute atomic E-state index is 13.3. The number of aromatic nitrogens is 6. The van der Waals surface area contributed by atoms with Gasteiger partial charge in [-0.3, -0.25) is 9.48 Å². The molecule has 0 bridgehead atoms. The number of carbonyl (C=O) groups is 1. The van der Waals surface area contributed by atoms with Gasteiger partial charge in [-0.2, -0.15) is 5.10 Å². The van der Waals surface area contributed by atoms with Crippen LogP contribution in [0, 0.1) is 5.92 Å². The lowest BCUT2D eigenvalue weighted by atomic mass is 9.82. The molecule has 1 N–H and O–H groups in total. The first kappa shape index (κ1) is 24.4. The molecular formula is C29H29N7O4. The monoisotopic (exact) mass is 539 g/mol. The normalized spacial score (nSPS) is 13.9. The Bertz CT molecular complexity index is 1830. The quantitative estimate of drug-likeness (QED) is 0.341. The molecule has 40 heavy (non-hydrogen) atoms. The van der Waals surface area contributed by atoms with E-state index in [0.29, 0.717) is 18.2 Å². The van der Waals surface area contributed by atoms with Crippen LogP contribution in [-0.2, 0) is 33.0 Å². The van der Waals surface area contributed by atoms with Gasteiger partial charge < -0.3 is 24.1 Å². The largest absolute Gasteiger partial charge is 0.467 e. The molecule has 0 unspecified atom stereocenters. The zero-order chi connectivity index (χ0) is 27.7. The standard InChI is InChI=1S/C29H29N7O4/c1-14(2)12-36-21-9-6-15(40-29-32-27(38-4)31-28(33-29)39-5)10-17(21)23-18-11-30-26(37)24(18)22-16(25(23)36)7-8-20-19(22)13-35(3)34-20/h6,9-10,13-14H,7-8,11-12H2,1-5H3,(H,30,37). The summed E-state index contributed by atoms with van der Waals surface area (Å²) in [6.07, 6.45) is 3.70. The maximum Gasteiger partial charge on any atom is 0.331 e. The molecule has 0 spiro atoms. The number of hydrogen-bond acceptors (Lipinski definition) is 8. The third-order valence-electron chi connectivity index (χ3n) is 7.61. The number of benzene rings is 2. The van der Waals surface area contributed by atoms with E-state index in [9.17, 15) is 4.79 Å². The van der Waals surface area contributed by atoms with Crippen LogP contribution in [0.4, 0.5) is 0 Å². The molecule has 11 heteroatoms. The van der Waals surface area contributed by atoms with Crippen LogP contribution < -0.4 is 19.5 Å². The highest BCUT2D eigenvalue weighted by Crippen LogP contribution is 2.47. The number of carbonyl (C=O) groups excluding carboxylic acids is 1. The summed E-state index contributed by atoms with van der Waals surface area (Å²) in [5.74, 6) is 0.942. The molecule has 7 rings (SSSR count). The average Bonchev–Trinajstić information content (AvgIpc) is 3.60. The van der Waals surface area contributed by atoms with Crippen molar-refractivity contribution in [1.82, 2.24) is 34.6 Å². The van der Waals surface area contributed by atoms with Crippen molar-refractivity contribution in [3.8, 4) is 34.9 Å². The highest BCUT2D eigenvalue weighted by Gasteiger charge is 2.35. The highest BCUT2D eigenvalue weighted by atomic mass is 16.5. The second kappa shape index (κ2) is 8.94. The van der Waals surface area contributed by atoms with E-state index in [1.165, 1.54) is 25.3 Å². The predicted octanol–water partition coefficient (Wildman–Crippen LogP) is 4.19. The Balaban J connectivity index is 1.50. The van der Waals surface area contributed by atoms with E-state index in [2.05, 4.69) is 44.7 Å². The van der Waals surface area contributed by atoms with Crippen LogP contribution >= 0.6 is 0 Å². The van der Waals surface area contributed by atoms with Crippen LogP contribution in [0.5, 0.6) is 23.8 Å². The van der Waals surface area contributed by atoms with Crippen molar-refractivity contribution in [1.29, 1.82) is 0 Å². The first-order valence-electron chi connectivity index (χ1n) is 13.3. The molecule has 0 fully saturated rings. The molecule has 0 saturated heterocycles. The van der Waals surface area contributed by atoms with Crippen LogP contribution in [-0.4, -0.2) is 49.4 Å². The molecular weight excluding hydrogens is 510 g/mol. The Morgan fingerprint density at radius 2 is 1.75 bits per heavy atom.